The zero-order valence-electron chi connectivity index (χ0n) is 10.6. The van der Waals surface area contributed by atoms with Gasteiger partial charge in [0.25, 0.3) is 0 Å². The van der Waals surface area contributed by atoms with Crippen molar-refractivity contribution in [2.75, 3.05) is 7.11 Å². The van der Waals surface area contributed by atoms with Crippen molar-refractivity contribution in [3.05, 3.63) is 60.2 Å². The van der Waals surface area contributed by atoms with E-state index in [0.717, 1.165) is 16.2 Å². The first-order valence-corrected chi connectivity index (χ1v) is 6.73. The van der Waals surface area contributed by atoms with Crippen LogP contribution in [0, 0.1) is 0 Å². The maximum atomic E-state index is 11.6. The monoisotopic (exact) mass is 273 g/mol. The molecule has 2 rings (SSSR count). The molecule has 0 heterocycles. The van der Waals surface area contributed by atoms with Crippen LogP contribution in [0.2, 0.25) is 0 Å². The summed E-state index contributed by atoms with van der Waals surface area (Å²) in [4.78, 5) is 12.6. The van der Waals surface area contributed by atoms with Crippen molar-refractivity contribution in [3.63, 3.8) is 0 Å². The lowest BCUT2D eigenvalue weighted by Gasteiger charge is -2.13. The maximum Gasteiger partial charge on any atom is 0.235 e. The largest absolute Gasteiger partial charge is 0.497 e. The number of nitrogens with two attached hydrogens (primary N) is 1. The molecule has 1 atom stereocenters. The van der Waals surface area contributed by atoms with Crippen LogP contribution in [0.15, 0.2) is 59.5 Å². The predicted octanol–water partition coefficient (Wildman–Crippen LogP) is 3.01. The fourth-order valence-electron chi connectivity index (χ4n) is 1.71. The number of benzene rings is 2. The molecule has 0 saturated carbocycles. The summed E-state index contributed by atoms with van der Waals surface area (Å²) >= 11 is 1.44. The number of hydrogen-bond acceptors (Lipinski definition) is 3. The molecule has 4 heteroatoms. The highest BCUT2D eigenvalue weighted by atomic mass is 32.2. The Bertz CT molecular complexity index is 540. The van der Waals surface area contributed by atoms with Crippen molar-refractivity contribution in [2.24, 2.45) is 5.73 Å². The summed E-state index contributed by atoms with van der Waals surface area (Å²) in [5.41, 5.74) is 6.40. The fourth-order valence-corrected chi connectivity index (χ4v) is 2.68. The van der Waals surface area contributed by atoms with E-state index in [1.165, 1.54) is 11.8 Å². The van der Waals surface area contributed by atoms with Gasteiger partial charge in [0.15, 0.2) is 0 Å². The molecular weight excluding hydrogens is 258 g/mol. The van der Waals surface area contributed by atoms with E-state index in [9.17, 15) is 4.79 Å². The number of ether oxygens (including phenoxy) is 1. The number of primary amides is 1. The minimum Gasteiger partial charge on any atom is -0.497 e. The van der Waals surface area contributed by atoms with Crippen molar-refractivity contribution in [1.29, 1.82) is 0 Å². The van der Waals surface area contributed by atoms with Crippen LogP contribution >= 0.6 is 11.8 Å². The summed E-state index contributed by atoms with van der Waals surface area (Å²) in [6.45, 7) is 0. The van der Waals surface area contributed by atoms with Gasteiger partial charge in [-0.25, -0.2) is 0 Å². The van der Waals surface area contributed by atoms with E-state index in [1.807, 2.05) is 54.6 Å². The number of carbonyl (C=O) groups is 1. The number of rotatable bonds is 5. The molecule has 0 radical (unpaired) electrons. The standard InChI is InChI=1S/C15H15NO2S/c1-18-12-7-9-13(10-8-12)19-14(15(16)17)11-5-3-2-4-6-11/h2-10,14H,1H3,(H2,16,17)/t14-/m0/s1. The summed E-state index contributed by atoms with van der Waals surface area (Å²) in [6.07, 6.45) is 0. The van der Waals surface area contributed by atoms with Crippen molar-refractivity contribution in [1.82, 2.24) is 0 Å². The Kier molecular flexibility index (Phi) is 4.47. The topological polar surface area (TPSA) is 52.3 Å². The van der Waals surface area contributed by atoms with E-state index < -0.39 is 0 Å². The highest BCUT2D eigenvalue weighted by Gasteiger charge is 2.18. The van der Waals surface area contributed by atoms with Crippen LogP contribution in [0.3, 0.4) is 0 Å². The predicted molar refractivity (Wildman–Crippen MR) is 77.2 cm³/mol. The average molecular weight is 273 g/mol. The quantitative estimate of drug-likeness (QED) is 0.852. The van der Waals surface area contributed by atoms with Crippen LogP contribution in [-0.4, -0.2) is 13.0 Å². The first kappa shape index (κ1) is 13.5. The highest BCUT2D eigenvalue weighted by Crippen LogP contribution is 2.35. The third-order valence-corrected chi connectivity index (χ3v) is 3.96. The zero-order chi connectivity index (χ0) is 13.7. The van der Waals surface area contributed by atoms with Gasteiger partial charge in [-0.3, -0.25) is 4.79 Å². The summed E-state index contributed by atoms with van der Waals surface area (Å²) in [6, 6.07) is 17.1. The molecule has 2 aromatic carbocycles. The Morgan fingerprint density at radius 3 is 2.26 bits per heavy atom. The van der Waals surface area contributed by atoms with Crippen LogP contribution < -0.4 is 10.5 Å². The Balaban J connectivity index is 2.19. The molecule has 0 saturated heterocycles. The van der Waals surface area contributed by atoms with Crippen molar-refractivity contribution in [2.45, 2.75) is 10.1 Å². The summed E-state index contributed by atoms with van der Waals surface area (Å²) < 4.78 is 5.11. The number of hydrogen-bond donors (Lipinski definition) is 1. The number of methoxy groups -OCH3 is 1. The fraction of sp³-hybridized carbons (Fsp3) is 0.133. The van der Waals surface area contributed by atoms with E-state index in [1.54, 1.807) is 7.11 Å². The van der Waals surface area contributed by atoms with Gasteiger partial charge in [-0.05, 0) is 29.8 Å². The number of carbonyl (C=O) groups excluding carboxylic acids is 1. The molecule has 0 unspecified atom stereocenters. The second-order valence-electron chi connectivity index (χ2n) is 3.99. The lowest BCUT2D eigenvalue weighted by Crippen LogP contribution is -2.18. The molecule has 3 nitrogen and oxygen atoms in total. The summed E-state index contributed by atoms with van der Waals surface area (Å²) in [5.74, 6) is 0.451. The van der Waals surface area contributed by atoms with Crippen LogP contribution in [0.25, 0.3) is 0 Å². The van der Waals surface area contributed by atoms with E-state index >= 15 is 0 Å². The summed E-state index contributed by atoms with van der Waals surface area (Å²) in [7, 11) is 1.62. The molecule has 0 bridgehead atoms. The van der Waals surface area contributed by atoms with E-state index in [2.05, 4.69) is 0 Å². The number of amides is 1. The Morgan fingerprint density at radius 1 is 1.11 bits per heavy atom. The smallest absolute Gasteiger partial charge is 0.235 e. The molecule has 0 aliphatic heterocycles. The second-order valence-corrected chi connectivity index (χ2v) is 5.16. The van der Waals surface area contributed by atoms with Gasteiger partial charge in [0, 0.05) is 4.90 Å². The molecule has 1 amide bonds. The van der Waals surface area contributed by atoms with Crippen LogP contribution in [0.5, 0.6) is 5.75 Å². The molecule has 0 aliphatic carbocycles. The second kappa shape index (κ2) is 6.29. The number of thioether (sulfide) groups is 1. The van der Waals surface area contributed by atoms with Gasteiger partial charge in [0.1, 0.15) is 11.0 Å². The van der Waals surface area contributed by atoms with Crippen molar-refractivity contribution in [3.8, 4) is 5.75 Å². The molecule has 2 aromatic rings. The third kappa shape index (κ3) is 3.51. The van der Waals surface area contributed by atoms with Gasteiger partial charge in [-0.1, -0.05) is 30.3 Å². The van der Waals surface area contributed by atoms with E-state index in [0.29, 0.717) is 0 Å². The van der Waals surface area contributed by atoms with Gasteiger partial charge in [0.05, 0.1) is 7.11 Å². The molecular formula is C15H15NO2S. The van der Waals surface area contributed by atoms with Crippen LogP contribution in [0.1, 0.15) is 10.8 Å². The molecule has 98 valence electrons. The minimum atomic E-state index is -0.380. The van der Waals surface area contributed by atoms with Gasteiger partial charge < -0.3 is 10.5 Å². The van der Waals surface area contributed by atoms with Gasteiger partial charge in [-0.15, -0.1) is 11.8 Å². The lowest BCUT2D eigenvalue weighted by molar-refractivity contribution is -0.117. The Morgan fingerprint density at radius 2 is 1.74 bits per heavy atom. The van der Waals surface area contributed by atoms with Crippen molar-refractivity contribution < 1.29 is 9.53 Å². The van der Waals surface area contributed by atoms with Crippen LogP contribution in [-0.2, 0) is 4.79 Å². The highest BCUT2D eigenvalue weighted by molar-refractivity contribution is 8.00. The van der Waals surface area contributed by atoms with Gasteiger partial charge >= 0.3 is 0 Å². The molecule has 0 spiro atoms. The van der Waals surface area contributed by atoms with Gasteiger partial charge in [-0.2, -0.15) is 0 Å². The van der Waals surface area contributed by atoms with E-state index in [4.69, 9.17) is 10.5 Å². The normalized spacial score (nSPS) is 11.8. The minimum absolute atomic E-state index is 0.341. The molecule has 0 aromatic heterocycles. The molecule has 19 heavy (non-hydrogen) atoms. The lowest BCUT2D eigenvalue weighted by atomic mass is 10.1. The first-order chi connectivity index (χ1) is 9.20. The third-order valence-electron chi connectivity index (χ3n) is 2.67. The first-order valence-electron chi connectivity index (χ1n) is 5.85. The average Bonchev–Trinajstić information content (AvgIpc) is 2.46. The zero-order valence-corrected chi connectivity index (χ0v) is 11.4. The maximum absolute atomic E-state index is 11.6. The van der Waals surface area contributed by atoms with E-state index in [-0.39, 0.29) is 11.2 Å². The molecule has 0 aliphatic rings. The van der Waals surface area contributed by atoms with Crippen LogP contribution in [0.4, 0.5) is 0 Å². The van der Waals surface area contributed by atoms with Crippen molar-refractivity contribution >= 4 is 17.7 Å². The Hall–Kier alpha value is -1.94. The van der Waals surface area contributed by atoms with Gasteiger partial charge in [0.2, 0.25) is 5.91 Å². The molecule has 2 N–H and O–H groups in total. The summed E-state index contributed by atoms with van der Waals surface area (Å²) in [5, 5.41) is -0.380. The Labute approximate surface area is 116 Å². The SMILES string of the molecule is COc1ccc(S[C@H](C(N)=O)c2ccccc2)cc1. The molecule has 0 fully saturated rings.